The maximum atomic E-state index is 12.6. The van der Waals surface area contributed by atoms with Crippen LogP contribution in [0, 0.1) is 0 Å². The third-order valence-corrected chi connectivity index (χ3v) is 3.00. The predicted octanol–water partition coefficient (Wildman–Crippen LogP) is 2.54. The summed E-state index contributed by atoms with van der Waals surface area (Å²) in [6.45, 7) is 2.76. The minimum atomic E-state index is -0.0897. The summed E-state index contributed by atoms with van der Waals surface area (Å²) in [4.78, 5) is 12.6. The van der Waals surface area contributed by atoms with Gasteiger partial charge in [0.15, 0.2) is 0 Å². The zero-order chi connectivity index (χ0) is 14.5. The van der Waals surface area contributed by atoms with Gasteiger partial charge in [-0.15, -0.1) is 0 Å². The summed E-state index contributed by atoms with van der Waals surface area (Å²) in [5.41, 5.74) is 1.10. The highest BCUT2D eigenvalue weighted by Gasteiger charge is 2.16. The maximum Gasteiger partial charge on any atom is 0.211 e. The van der Waals surface area contributed by atoms with Gasteiger partial charge in [0.2, 0.25) is 5.78 Å². The first-order valence-corrected chi connectivity index (χ1v) is 6.49. The third-order valence-electron chi connectivity index (χ3n) is 3.00. The molecule has 2 rings (SSSR count). The SMILES string of the molecule is CCCn1nccc1C(=O)c1cc(OC)cc(OC)c1. The molecule has 0 atom stereocenters. The van der Waals surface area contributed by atoms with Crippen molar-refractivity contribution in [3.05, 3.63) is 41.7 Å². The van der Waals surface area contributed by atoms with Gasteiger partial charge >= 0.3 is 0 Å². The molecule has 0 saturated heterocycles. The number of hydrogen-bond acceptors (Lipinski definition) is 4. The molecule has 0 amide bonds. The number of carbonyl (C=O) groups is 1. The van der Waals surface area contributed by atoms with Crippen molar-refractivity contribution in [1.29, 1.82) is 0 Å². The molecule has 20 heavy (non-hydrogen) atoms. The molecule has 2 aromatic rings. The Labute approximate surface area is 118 Å². The number of ether oxygens (including phenoxy) is 2. The Hall–Kier alpha value is -2.30. The lowest BCUT2D eigenvalue weighted by Gasteiger charge is -2.09. The van der Waals surface area contributed by atoms with Crippen molar-refractivity contribution in [1.82, 2.24) is 9.78 Å². The summed E-state index contributed by atoms with van der Waals surface area (Å²) in [5, 5.41) is 4.17. The van der Waals surface area contributed by atoms with Gasteiger partial charge < -0.3 is 9.47 Å². The zero-order valence-electron chi connectivity index (χ0n) is 11.9. The number of methoxy groups -OCH3 is 2. The second-order valence-electron chi connectivity index (χ2n) is 4.37. The van der Waals surface area contributed by atoms with Crippen LogP contribution in [0.25, 0.3) is 0 Å². The van der Waals surface area contributed by atoms with E-state index in [9.17, 15) is 4.79 Å². The molecular formula is C15H18N2O3. The fourth-order valence-corrected chi connectivity index (χ4v) is 2.00. The summed E-state index contributed by atoms with van der Waals surface area (Å²) in [6.07, 6.45) is 2.56. The third kappa shape index (κ3) is 2.82. The summed E-state index contributed by atoms with van der Waals surface area (Å²) in [7, 11) is 3.12. The second-order valence-corrected chi connectivity index (χ2v) is 4.37. The monoisotopic (exact) mass is 274 g/mol. The molecular weight excluding hydrogens is 256 g/mol. The molecule has 0 radical (unpaired) electrons. The van der Waals surface area contributed by atoms with Crippen LogP contribution in [0.5, 0.6) is 11.5 Å². The predicted molar refractivity (Wildman–Crippen MR) is 75.5 cm³/mol. The number of carbonyl (C=O) groups excluding carboxylic acids is 1. The van der Waals surface area contributed by atoms with Gasteiger partial charge in [-0.25, -0.2) is 0 Å². The number of aryl methyl sites for hydroxylation is 1. The van der Waals surface area contributed by atoms with Gasteiger partial charge in [-0.1, -0.05) is 6.92 Å². The number of nitrogens with zero attached hydrogens (tertiary/aromatic N) is 2. The Balaban J connectivity index is 2.39. The number of aromatic nitrogens is 2. The molecule has 0 fully saturated rings. The molecule has 0 unspecified atom stereocenters. The molecule has 0 spiro atoms. The average Bonchev–Trinajstić information content (AvgIpc) is 2.94. The molecule has 0 bridgehead atoms. The molecule has 0 saturated carbocycles. The smallest absolute Gasteiger partial charge is 0.211 e. The van der Waals surface area contributed by atoms with E-state index in [0.717, 1.165) is 13.0 Å². The molecule has 0 aliphatic heterocycles. The van der Waals surface area contributed by atoms with E-state index in [1.807, 2.05) is 6.92 Å². The lowest BCUT2D eigenvalue weighted by Crippen LogP contribution is -2.11. The van der Waals surface area contributed by atoms with Crippen LogP contribution in [0.3, 0.4) is 0 Å². The van der Waals surface area contributed by atoms with Gasteiger partial charge in [0.1, 0.15) is 17.2 Å². The van der Waals surface area contributed by atoms with Gasteiger partial charge in [-0.2, -0.15) is 5.10 Å². The fourth-order valence-electron chi connectivity index (χ4n) is 2.00. The minimum Gasteiger partial charge on any atom is -0.497 e. The van der Waals surface area contributed by atoms with E-state index in [1.54, 1.807) is 49.4 Å². The van der Waals surface area contributed by atoms with Crippen molar-refractivity contribution in [2.24, 2.45) is 0 Å². The maximum absolute atomic E-state index is 12.6. The van der Waals surface area contributed by atoms with E-state index in [-0.39, 0.29) is 5.78 Å². The van der Waals surface area contributed by atoms with Gasteiger partial charge in [0.05, 0.1) is 14.2 Å². The lowest BCUT2D eigenvalue weighted by molar-refractivity contribution is 0.102. The van der Waals surface area contributed by atoms with Crippen LogP contribution in [0.1, 0.15) is 29.4 Å². The highest BCUT2D eigenvalue weighted by molar-refractivity contribution is 6.08. The minimum absolute atomic E-state index is 0.0897. The van der Waals surface area contributed by atoms with Crippen LogP contribution < -0.4 is 9.47 Å². The Morgan fingerprint density at radius 3 is 2.40 bits per heavy atom. The van der Waals surface area contributed by atoms with Gasteiger partial charge in [0.25, 0.3) is 0 Å². The fraction of sp³-hybridized carbons (Fsp3) is 0.333. The first-order chi connectivity index (χ1) is 9.69. The average molecular weight is 274 g/mol. The Morgan fingerprint density at radius 1 is 1.20 bits per heavy atom. The summed E-state index contributed by atoms with van der Waals surface area (Å²) >= 11 is 0. The molecule has 0 N–H and O–H groups in total. The molecule has 106 valence electrons. The van der Waals surface area contributed by atoms with Crippen LogP contribution >= 0.6 is 0 Å². The quantitative estimate of drug-likeness (QED) is 0.760. The van der Waals surface area contributed by atoms with E-state index in [2.05, 4.69) is 5.10 Å². The molecule has 5 heteroatoms. The summed E-state index contributed by atoms with van der Waals surface area (Å²) in [5.74, 6) is 1.09. The van der Waals surface area contributed by atoms with E-state index in [0.29, 0.717) is 22.8 Å². The molecule has 1 aromatic heterocycles. The van der Waals surface area contributed by atoms with Crippen molar-refractivity contribution in [2.45, 2.75) is 19.9 Å². The van der Waals surface area contributed by atoms with Crippen molar-refractivity contribution >= 4 is 5.78 Å². The van der Waals surface area contributed by atoms with E-state index in [4.69, 9.17) is 9.47 Å². The van der Waals surface area contributed by atoms with Crippen LogP contribution in [-0.2, 0) is 6.54 Å². The number of rotatable bonds is 6. The highest BCUT2D eigenvalue weighted by Crippen LogP contribution is 2.24. The van der Waals surface area contributed by atoms with Gasteiger partial charge in [-0.05, 0) is 24.6 Å². The number of benzene rings is 1. The normalized spacial score (nSPS) is 10.3. The number of hydrogen-bond donors (Lipinski definition) is 0. The van der Waals surface area contributed by atoms with E-state index >= 15 is 0 Å². The molecule has 1 heterocycles. The lowest BCUT2D eigenvalue weighted by atomic mass is 10.1. The molecule has 0 aliphatic carbocycles. The largest absolute Gasteiger partial charge is 0.497 e. The van der Waals surface area contributed by atoms with Gasteiger partial charge in [-0.3, -0.25) is 9.48 Å². The van der Waals surface area contributed by atoms with Crippen LogP contribution in [0.2, 0.25) is 0 Å². The van der Waals surface area contributed by atoms with Crippen LogP contribution in [0.15, 0.2) is 30.5 Å². The van der Waals surface area contributed by atoms with Crippen LogP contribution in [0.4, 0.5) is 0 Å². The van der Waals surface area contributed by atoms with Crippen molar-refractivity contribution in [3.63, 3.8) is 0 Å². The molecule has 0 aliphatic rings. The standard InChI is InChI=1S/C15H18N2O3/c1-4-7-17-14(5-6-16-17)15(18)11-8-12(19-2)10-13(9-11)20-3/h5-6,8-10H,4,7H2,1-3H3. The van der Waals surface area contributed by atoms with E-state index < -0.39 is 0 Å². The summed E-state index contributed by atoms with van der Waals surface area (Å²) < 4.78 is 12.1. The Morgan fingerprint density at radius 2 is 1.85 bits per heavy atom. The number of ketones is 1. The van der Waals surface area contributed by atoms with Gasteiger partial charge in [0, 0.05) is 24.4 Å². The Kier molecular flexibility index (Phi) is 4.40. The first-order valence-electron chi connectivity index (χ1n) is 6.49. The van der Waals surface area contributed by atoms with Crippen LogP contribution in [-0.4, -0.2) is 29.8 Å². The molecule has 1 aromatic carbocycles. The highest BCUT2D eigenvalue weighted by atomic mass is 16.5. The summed E-state index contributed by atoms with van der Waals surface area (Å²) in [6, 6.07) is 6.87. The first kappa shape index (κ1) is 14.1. The van der Waals surface area contributed by atoms with Crippen molar-refractivity contribution in [2.75, 3.05) is 14.2 Å². The van der Waals surface area contributed by atoms with Crippen molar-refractivity contribution < 1.29 is 14.3 Å². The van der Waals surface area contributed by atoms with Crippen molar-refractivity contribution in [3.8, 4) is 11.5 Å². The van der Waals surface area contributed by atoms with E-state index in [1.165, 1.54) is 0 Å². The zero-order valence-corrected chi connectivity index (χ0v) is 11.9. The topological polar surface area (TPSA) is 53.4 Å². The Bertz CT molecular complexity index is 583. The second kappa shape index (κ2) is 6.23. The molecule has 5 nitrogen and oxygen atoms in total.